The molecule has 0 radical (unpaired) electrons. The highest BCUT2D eigenvalue weighted by atomic mass is 35.5. The van der Waals surface area contributed by atoms with Crippen LogP contribution in [0.4, 0.5) is 0 Å². The Labute approximate surface area is 68.7 Å². The maximum Gasteiger partial charge on any atom is 0.324 e. The number of halogens is 1. The molecule has 1 fully saturated rings. The number of carbonyl (C=O) groups excluding carboxylic acids is 1. The van der Waals surface area contributed by atoms with Gasteiger partial charge in [-0.3, -0.25) is 4.79 Å². The molecule has 0 amide bonds. The molecule has 0 aromatic carbocycles. The maximum absolute atomic E-state index is 10.7. The molecule has 1 heterocycles. The number of carbonyl (C=O) groups is 1. The third-order valence-corrected chi connectivity index (χ3v) is 1.94. The van der Waals surface area contributed by atoms with Gasteiger partial charge in [-0.05, 0) is 0 Å². The summed E-state index contributed by atoms with van der Waals surface area (Å²) >= 11 is 5.49. The molecule has 0 unspecified atom stereocenters. The molecular formula is C6H9ClO4. The molecule has 0 aromatic heterocycles. The van der Waals surface area contributed by atoms with Crippen LogP contribution in [0.5, 0.6) is 0 Å². The molecule has 5 heteroatoms. The van der Waals surface area contributed by atoms with Crippen LogP contribution in [0.15, 0.2) is 0 Å². The van der Waals surface area contributed by atoms with E-state index in [4.69, 9.17) is 21.8 Å². The van der Waals surface area contributed by atoms with Crippen molar-refractivity contribution in [2.24, 2.45) is 0 Å². The van der Waals surface area contributed by atoms with Crippen molar-refractivity contribution in [1.29, 1.82) is 0 Å². The van der Waals surface area contributed by atoms with Gasteiger partial charge >= 0.3 is 5.97 Å². The smallest absolute Gasteiger partial charge is 0.324 e. The topological polar surface area (TPSA) is 66.8 Å². The Kier molecular flexibility index (Phi) is 2.70. The summed E-state index contributed by atoms with van der Waals surface area (Å²) in [6, 6.07) is 0. The Morgan fingerprint density at radius 2 is 2.45 bits per heavy atom. The van der Waals surface area contributed by atoms with Crippen LogP contribution < -0.4 is 0 Å². The molecular weight excluding hydrogens is 172 g/mol. The lowest BCUT2D eigenvalue weighted by atomic mass is 10.1. The summed E-state index contributed by atoms with van der Waals surface area (Å²) in [6.07, 6.45) is -1.39. The average molecular weight is 181 g/mol. The Morgan fingerprint density at radius 1 is 1.82 bits per heavy atom. The van der Waals surface area contributed by atoms with Gasteiger partial charge in [-0.15, -0.1) is 11.6 Å². The fourth-order valence-electron chi connectivity index (χ4n) is 0.925. The van der Waals surface area contributed by atoms with Gasteiger partial charge in [0.2, 0.25) is 0 Å². The zero-order chi connectivity index (χ0) is 8.43. The van der Waals surface area contributed by atoms with Crippen LogP contribution >= 0.6 is 11.6 Å². The molecule has 2 N–H and O–H groups in total. The minimum Gasteiger partial charge on any atom is -0.458 e. The zero-order valence-electron chi connectivity index (χ0n) is 5.74. The molecule has 64 valence electrons. The SMILES string of the molecule is O=C1O[C@@H]([C@H](O)CO)C[C@@H]1Cl. The number of hydrogen-bond donors (Lipinski definition) is 2. The third kappa shape index (κ3) is 1.83. The lowest BCUT2D eigenvalue weighted by Gasteiger charge is -2.13. The van der Waals surface area contributed by atoms with E-state index >= 15 is 0 Å². The molecule has 0 spiro atoms. The summed E-state index contributed by atoms with van der Waals surface area (Å²) in [4.78, 5) is 10.7. The predicted octanol–water partition coefficient (Wildman–Crippen LogP) is -0.738. The van der Waals surface area contributed by atoms with E-state index in [1.807, 2.05) is 0 Å². The monoisotopic (exact) mass is 180 g/mol. The molecule has 0 aliphatic carbocycles. The van der Waals surface area contributed by atoms with Gasteiger partial charge in [0.15, 0.2) is 0 Å². The molecule has 4 nitrogen and oxygen atoms in total. The first kappa shape index (κ1) is 8.77. The number of hydrogen-bond acceptors (Lipinski definition) is 4. The number of ether oxygens (including phenoxy) is 1. The third-order valence-electron chi connectivity index (χ3n) is 1.58. The number of aliphatic hydroxyl groups is 2. The number of cyclic esters (lactones) is 1. The zero-order valence-corrected chi connectivity index (χ0v) is 6.49. The fraction of sp³-hybridized carbons (Fsp3) is 0.833. The van der Waals surface area contributed by atoms with Gasteiger partial charge in [0, 0.05) is 6.42 Å². The number of aliphatic hydroxyl groups excluding tert-OH is 2. The standard InChI is InChI=1S/C6H9ClO4/c7-3-1-5(4(9)2-8)11-6(3)10/h3-5,8-9H,1-2H2/t3-,4+,5+/m0/s1. The van der Waals surface area contributed by atoms with Gasteiger partial charge in [0.25, 0.3) is 0 Å². The molecule has 0 bridgehead atoms. The second-order valence-electron chi connectivity index (χ2n) is 2.43. The molecule has 1 rings (SSSR count). The number of esters is 1. The Hall–Kier alpha value is -0.320. The predicted molar refractivity (Wildman–Crippen MR) is 37.2 cm³/mol. The first-order chi connectivity index (χ1) is 5.15. The largest absolute Gasteiger partial charge is 0.458 e. The van der Waals surface area contributed by atoms with Crippen LogP contribution in [0.2, 0.25) is 0 Å². The molecule has 3 atom stereocenters. The van der Waals surface area contributed by atoms with E-state index in [0.29, 0.717) is 0 Å². The van der Waals surface area contributed by atoms with E-state index in [2.05, 4.69) is 4.74 Å². The van der Waals surface area contributed by atoms with Gasteiger partial charge in [-0.2, -0.15) is 0 Å². The molecule has 1 aliphatic rings. The number of rotatable bonds is 2. The van der Waals surface area contributed by atoms with E-state index in [-0.39, 0.29) is 6.42 Å². The van der Waals surface area contributed by atoms with Gasteiger partial charge in [-0.1, -0.05) is 0 Å². The van der Waals surface area contributed by atoms with Crippen LogP contribution in [0, 0.1) is 0 Å². The lowest BCUT2D eigenvalue weighted by Crippen LogP contribution is -2.28. The van der Waals surface area contributed by atoms with E-state index in [0.717, 1.165) is 0 Å². The summed E-state index contributed by atoms with van der Waals surface area (Å²) in [5, 5.41) is 16.8. The van der Waals surface area contributed by atoms with Gasteiger partial charge in [0.05, 0.1) is 6.61 Å². The number of alkyl halides is 1. The van der Waals surface area contributed by atoms with E-state index in [1.165, 1.54) is 0 Å². The molecule has 1 saturated heterocycles. The van der Waals surface area contributed by atoms with Crippen molar-refractivity contribution in [1.82, 2.24) is 0 Å². The highest BCUT2D eigenvalue weighted by molar-refractivity contribution is 6.30. The second-order valence-corrected chi connectivity index (χ2v) is 2.96. The second kappa shape index (κ2) is 3.38. The van der Waals surface area contributed by atoms with Gasteiger partial charge < -0.3 is 14.9 Å². The summed E-state index contributed by atoms with van der Waals surface area (Å²) in [6.45, 7) is -0.415. The van der Waals surface area contributed by atoms with E-state index in [9.17, 15) is 4.79 Å². The van der Waals surface area contributed by atoms with E-state index < -0.39 is 30.2 Å². The van der Waals surface area contributed by atoms with Gasteiger partial charge in [-0.25, -0.2) is 0 Å². The van der Waals surface area contributed by atoms with Crippen LogP contribution in [0.1, 0.15) is 6.42 Å². The van der Waals surface area contributed by atoms with Crippen molar-refractivity contribution in [2.45, 2.75) is 24.0 Å². The Bertz CT molecular complexity index is 161. The summed E-state index contributed by atoms with van der Waals surface area (Å²) in [5.41, 5.74) is 0. The van der Waals surface area contributed by atoms with Gasteiger partial charge in [0.1, 0.15) is 17.6 Å². The minimum atomic E-state index is -1.01. The quantitative estimate of drug-likeness (QED) is 0.434. The summed E-state index contributed by atoms with van der Waals surface area (Å²) in [7, 11) is 0. The Morgan fingerprint density at radius 3 is 2.82 bits per heavy atom. The van der Waals surface area contributed by atoms with Crippen molar-refractivity contribution in [2.75, 3.05) is 6.61 Å². The summed E-state index contributed by atoms with van der Waals surface area (Å²) < 4.78 is 4.65. The first-order valence-corrected chi connectivity index (χ1v) is 3.72. The van der Waals surface area contributed by atoms with Crippen molar-refractivity contribution >= 4 is 17.6 Å². The van der Waals surface area contributed by atoms with Crippen LogP contribution in [-0.4, -0.2) is 40.4 Å². The lowest BCUT2D eigenvalue weighted by molar-refractivity contribution is -0.146. The van der Waals surface area contributed by atoms with Crippen molar-refractivity contribution in [3.63, 3.8) is 0 Å². The molecule has 1 aliphatic heterocycles. The summed E-state index contributed by atoms with van der Waals surface area (Å²) in [5.74, 6) is -0.524. The molecule has 0 aromatic rings. The Balaban J connectivity index is 2.46. The first-order valence-electron chi connectivity index (χ1n) is 3.28. The van der Waals surface area contributed by atoms with Crippen LogP contribution in [0.3, 0.4) is 0 Å². The van der Waals surface area contributed by atoms with Crippen LogP contribution in [0.25, 0.3) is 0 Å². The normalized spacial score (nSPS) is 33.5. The van der Waals surface area contributed by atoms with Crippen molar-refractivity contribution < 1.29 is 19.7 Å². The van der Waals surface area contributed by atoms with Crippen molar-refractivity contribution in [3.05, 3.63) is 0 Å². The van der Waals surface area contributed by atoms with Crippen LogP contribution in [-0.2, 0) is 9.53 Å². The highest BCUT2D eigenvalue weighted by Gasteiger charge is 2.36. The fourth-order valence-corrected chi connectivity index (χ4v) is 1.15. The average Bonchev–Trinajstić information content (AvgIpc) is 2.31. The molecule has 0 saturated carbocycles. The minimum absolute atomic E-state index is 0.266. The van der Waals surface area contributed by atoms with Crippen molar-refractivity contribution in [3.8, 4) is 0 Å². The molecule has 11 heavy (non-hydrogen) atoms. The van der Waals surface area contributed by atoms with E-state index in [1.54, 1.807) is 0 Å². The maximum atomic E-state index is 10.7. The highest BCUT2D eigenvalue weighted by Crippen LogP contribution is 2.21.